The molecule has 0 aliphatic carbocycles. The summed E-state index contributed by atoms with van der Waals surface area (Å²) in [4.78, 5) is 0. The third kappa shape index (κ3) is 6.39. The highest BCUT2D eigenvalue weighted by Crippen LogP contribution is 2.04. The van der Waals surface area contributed by atoms with Gasteiger partial charge in [0.1, 0.15) is 0 Å². The minimum atomic E-state index is -0.00236. The van der Waals surface area contributed by atoms with Crippen molar-refractivity contribution < 1.29 is 5.11 Å². The van der Waals surface area contributed by atoms with Crippen LogP contribution < -0.4 is 5.73 Å². The summed E-state index contributed by atoms with van der Waals surface area (Å²) < 4.78 is 0. The normalized spacial score (nSPS) is 13.5. The number of rotatable bonds is 6. The lowest BCUT2D eigenvalue weighted by atomic mass is 10.2. The molecule has 0 spiro atoms. The van der Waals surface area contributed by atoms with E-state index in [1.54, 1.807) is 0 Å². The van der Waals surface area contributed by atoms with E-state index in [0.29, 0.717) is 0 Å². The number of thioether (sulfide) groups is 1. The van der Waals surface area contributed by atoms with Crippen LogP contribution in [0.1, 0.15) is 19.8 Å². The van der Waals surface area contributed by atoms with Gasteiger partial charge in [0.05, 0.1) is 6.61 Å². The maximum atomic E-state index is 8.56. The van der Waals surface area contributed by atoms with Gasteiger partial charge in [-0.05, 0) is 24.3 Å². The number of nitrogens with two attached hydrogens (primary N) is 1. The SMILES string of the molecule is CCSCCCC(N)CO. The van der Waals surface area contributed by atoms with Crippen molar-refractivity contribution in [2.24, 2.45) is 5.73 Å². The standard InChI is InChI=1S/C7H17NOS/c1-2-10-5-3-4-7(8)6-9/h7,9H,2-6,8H2,1H3. The van der Waals surface area contributed by atoms with Crippen molar-refractivity contribution in [2.75, 3.05) is 18.1 Å². The Balaban J connectivity index is 2.89. The van der Waals surface area contributed by atoms with Gasteiger partial charge in [0.2, 0.25) is 0 Å². The molecule has 3 heteroatoms. The summed E-state index contributed by atoms with van der Waals surface area (Å²) in [5.41, 5.74) is 5.50. The largest absolute Gasteiger partial charge is 0.395 e. The molecular weight excluding hydrogens is 146 g/mol. The van der Waals surface area contributed by atoms with E-state index in [1.807, 2.05) is 11.8 Å². The van der Waals surface area contributed by atoms with Gasteiger partial charge in [-0.2, -0.15) is 11.8 Å². The third-order valence-electron chi connectivity index (χ3n) is 1.30. The Morgan fingerprint density at radius 1 is 1.60 bits per heavy atom. The summed E-state index contributed by atoms with van der Waals surface area (Å²) >= 11 is 1.92. The second kappa shape index (κ2) is 7.38. The van der Waals surface area contributed by atoms with Gasteiger partial charge in [-0.15, -0.1) is 0 Å². The van der Waals surface area contributed by atoms with Gasteiger partial charge in [-0.3, -0.25) is 0 Å². The molecule has 0 aliphatic rings. The molecule has 0 radical (unpaired) electrons. The Bertz CT molecular complexity index is 70.6. The third-order valence-corrected chi connectivity index (χ3v) is 2.29. The van der Waals surface area contributed by atoms with Gasteiger partial charge in [0, 0.05) is 6.04 Å². The van der Waals surface area contributed by atoms with Crippen molar-refractivity contribution in [3.05, 3.63) is 0 Å². The zero-order valence-electron chi connectivity index (χ0n) is 6.55. The number of hydrogen-bond donors (Lipinski definition) is 2. The second-order valence-corrected chi connectivity index (χ2v) is 3.68. The fraction of sp³-hybridized carbons (Fsp3) is 1.00. The first-order valence-corrected chi connectivity index (χ1v) is 4.91. The van der Waals surface area contributed by atoms with Crippen molar-refractivity contribution in [3.8, 4) is 0 Å². The van der Waals surface area contributed by atoms with Crippen LogP contribution in [-0.4, -0.2) is 29.3 Å². The predicted octanol–water partition coefficient (Wildman–Crippen LogP) is 0.839. The average molecular weight is 163 g/mol. The van der Waals surface area contributed by atoms with Crippen LogP contribution in [0, 0.1) is 0 Å². The number of hydrogen-bond acceptors (Lipinski definition) is 3. The highest BCUT2D eigenvalue weighted by atomic mass is 32.2. The Kier molecular flexibility index (Phi) is 7.58. The quantitative estimate of drug-likeness (QED) is 0.570. The summed E-state index contributed by atoms with van der Waals surface area (Å²) in [5, 5.41) is 8.56. The van der Waals surface area contributed by atoms with Crippen molar-refractivity contribution in [2.45, 2.75) is 25.8 Å². The van der Waals surface area contributed by atoms with Crippen LogP contribution in [0.5, 0.6) is 0 Å². The first-order valence-electron chi connectivity index (χ1n) is 3.75. The molecule has 0 fully saturated rings. The Hall–Kier alpha value is 0.270. The molecule has 0 aliphatic heterocycles. The van der Waals surface area contributed by atoms with Crippen LogP contribution in [0.2, 0.25) is 0 Å². The van der Waals surface area contributed by atoms with Gasteiger partial charge in [-0.1, -0.05) is 6.92 Å². The van der Waals surface area contributed by atoms with Crippen molar-refractivity contribution in [3.63, 3.8) is 0 Å². The average Bonchev–Trinajstić information content (AvgIpc) is 1.98. The molecule has 0 saturated carbocycles. The first kappa shape index (κ1) is 10.3. The summed E-state index contributed by atoms with van der Waals surface area (Å²) in [6.07, 6.45) is 2.07. The minimum absolute atomic E-state index is 0.00236. The molecule has 1 unspecified atom stereocenters. The molecule has 0 bridgehead atoms. The fourth-order valence-corrected chi connectivity index (χ4v) is 1.34. The Labute approximate surface area is 67.2 Å². The van der Waals surface area contributed by atoms with Gasteiger partial charge in [0.25, 0.3) is 0 Å². The fourth-order valence-electron chi connectivity index (χ4n) is 0.683. The summed E-state index contributed by atoms with van der Waals surface area (Å²) in [6, 6.07) is -0.00236. The summed E-state index contributed by atoms with van der Waals surface area (Å²) in [6.45, 7) is 2.27. The van der Waals surface area contributed by atoms with E-state index >= 15 is 0 Å². The maximum absolute atomic E-state index is 8.56. The lowest BCUT2D eigenvalue weighted by molar-refractivity contribution is 0.259. The summed E-state index contributed by atoms with van der Waals surface area (Å²) in [5.74, 6) is 2.35. The molecule has 0 heterocycles. The molecule has 0 aromatic carbocycles. The van der Waals surface area contributed by atoms with E-state index in [4.69, 9.17) is 10.8 Å². The minimum Gasteiger partial charge on any atom is -0.395 e. The molecule has 0 saturated heterocycles. The Morgan fingerprint density at radius 2 is 2.30 bits per heavy atom. The van der Waals surface area contributed by atoms with Crippen LogP contribution in [0.25, 0.3) is 0 Å². The lowest BCUT2D eigenvalue weighted by Gasteiger charge is -2.05. The van der Waals surface area contributed by atoms with Crippen LogP contribution in [0.3, 0.4) is 0 Å². The van der Waals surface area contributed by atoms with Crippen molar-refractivity contribution in [1.29, 1.82) is 0 Å². The zero-order valence-corrected chi connectivity index (χ0v) is 7.36. The van der Waals surface area contributed by atoms with E-state index in [-0.39, 0.29) is 12.6 Å². The molecule has 2 nitrogen and oxygen atoms in total. The van der Waals surface area contributed by atoms with Crippen LogP contribution >= 0.6 is 11.8 Å². The number of aliphatic hydroxyl groups is 1. The highest BCUT2D eigenvalue weighted by molar-refractivity contribution is 7.99. The molecule has 0 rings (SSSR count). The van der Waals surface area contributed by atoms with Crippen LogP contribution in [-0.2, 0) is 0 Å². The zero-order chi connectivity index (χ0) is 7.82. The summed E-state index contributed by atoms with van der Waals surface area (Å²) in [7, 11) is 0. The Morgan fingerprint density at radius 3 is 2.80 bits per heavy atom. The van der Waals surface area contributed by atoms with E-state index in [1.165, 1.54) is 11.5 Å². The highest BCUT2D eigenvalue weighted by Gasteiger charge is 1.97. The monoisotopic (exact) mass is 163 g/mol. The van der Waals surface area contributed by atoms with Gasteiger partial charge in [-0.25, -0.2) is 0 Å². The van der Waals surface area contributed by atoms with E-state index in [9.17, 15) is 0 Å². The molecule has 3 N–H and O–H groups in total. The topological polar surface area (TPSA) is 46.2 Å². The number of aliphatic hydroxyl groups excluding tert-OH is 1. The van der Waals surface area contributed by atoms with E-state index < -0.39 is 0 Å². The van der Waals surface area contributed by atoms with Gasteiger partial charge >= 0.3 is 0 Å². The molecule has 1 atom stereocenters. The van der Waals surface area contributed by atoms with Crippen LogP contribution in [0.15, 0.2) is 0 Å². The maximum Gasteiger partial charge on any atom is 0.0582 e. The van der Waals surface area contributed by atoms with Crippen LogP contribution in [0.4, 0.5) is 0 Å². The molecule has 0 aromatic heterocycles. The molecular formula is C7H17NOS. The first-order chi connectivity index (χ1) is 4.81. The van der Waals surface area contributed by atoms with E-state index in [2.05, 4.69) is 6.92 Å². The molecule has 62 valence electrons. The lowest BCUT2D eigenvalue weighted by Crippen LogP contribution is -2.24. The van der Waals surface area contributed by atoms with Crippen molar-refractivity contribution in [1.82, 2.24) is 0 Å². The molecule has 10 heavy (non-hydrogen) atoms. The van der Waals surface area contributed by atoms with E-state index in [0.717, 1.165) is 12.8 Å². The van der Waals surface area contributed by atoms with Crippen molar-refractivity contribution >= 4 is 11.8 Å². The smallest absolute Gasteiger partial charge is 0.0582 e. The predicted molar refractivity (Wildman–Crippen MR) is 47.3 cm³/mol. The van der Waals surface area contributed by atoms with Gasteiger partial charge < -0.3 is 10.8 Å². The molecule has 0 aromatic rings. The van der Waals surface area contributed by atoms with Gasteiger partial charge in [0.15, 0.2) is 0 Å². The molecule has 0 amide bonds. The second-order valence-electron chi connectivity index (χ2n) is 2.28.